The van der Waals surface area contributed by atoms with Gasteiger partial charge in [0.15, 0.2) is 0 Å². The largest absolute Gasteiger partial charge is 0.480 e. The molecule has 25 heavy (non-hydrogen) atoms. The quantitative estimate of drug-likeness (QED) is 0.771. The van der Waals surface area contributed by atoms with Crippen molar-refractivity contribution in [2.75, 3.05) is 37.8 Å². The first-order valence-corrected chi connectivity index (χ1v) is 10.2. The highest BCUT2D eigenvalue weighted by Gasteiger charge is 2.47. The standard InChI is InChI=1S/C17H26N2O5S/c20-15(18-5-7-24-8-6-18)10-25-11-16(21)19-13-4-2-1-3-12(13)9-14(19)17(22)23/h12-14H,1-11H2,(H,22,23). The Bertz CT molecular complexity index is 523. The number of amides is 2. The van der Waals surface area contributed by atoms with Gasteiger partial charge < -0.3 is 19.6 Å². The van der Waals surface area contributed by atoms with Gasteiger partial charge in [-0.1, -0.05) is 12.8 Å². The number of morpholine rings is 1. The molecule has 0 spiro atoms. The third-order valence-electron chi connectivity index (χ3n) is 5.48. The zero-order chi connectivity index (χ0) is 17.8. The minimum Gasteiger partial charge on any atom is -0.480 e. The lowest BCUT2D eigenvalue weighted by molar-refractivity contribution is -0.148. The van der Waals surface area contributed by atoms with E-state index in [9.17, 15) is 19.5 Å². The van der Waals surface area contributed by atoms with E-state index in [1.807, 2.05) is 0 Å². The van der Waals surface area contributed by atoms with Gasteiger partial charge in [-0.2, -0.15) is 0 Å². The Hall–Kier alpha value is -1.28. The topological polar surface area (TPSA) is 87.2 Å². The minimum atomic E-state index is -0.905. The minimum absolute atomic E-state index is 0.0212. The first-order valence-electron chi connectivity index (χ1n) is 9.05. The Morgan fingerprint density at radius 1 is 1.04 bits per heavy atom. The molecule has 7 nitrogen and oxygen atoms in total. The summed E-state index contributed by atoms with van der Waals surface area (Å²) >= 11 is 1.29. The molecule has 1 aliphatic carbocycles. The van der Waals surface area contributed by atoms with Gasteiger partial charge in [-0.25, -0.2) is 4.79 Å². The molecule has 0 aromatic rings. The summed E-state index contributed by atoms with van der Waals surface area (Å²) in [6.07, 6.45) is 4.67. The molecule has 0 bridgehead atoms. The van der Waals surface area contributed by atoms with E-state index >= 15 is 0 Å². The van der Waals surface area contributed by atoms with Crippen molar-refractivity contribution in [3.63, 3.8) is 0 Å². The SMILES string of the molecule is O=C(O)C1CC2CCCCC2N1C(=O)CSCC(=O)N1CCOCC1. The van der Waals surface area contributed by atoms with E-state index in [0.29, 0.717) is 38.6 Å². The van der Waals surface area contributed by atoms with E-state index in [4.69, 9.17) is 4.74 Å². The van der Waals surface area contributed by atoms with Crippen LogP contribution in [0, 0.1) is 5.92 Å². The first kappa shape index (κ1) is 18.5. The van der Waals surface area contributed by atoms with Crippen LogP contribution in [0.4, 0.5) is 0 Å². The molecule has 1 N–H and O–H groups in total. The van der Waals surface area contributed by atoms with Crippen LogP contribution in [-0.2, 0) is 19.1 Å². The van der Waals surface area contributed by atoms with E-state index in [1.165, 1.54) is 11.8 Å². The number of carbonyl (C=O) groups is 3. The number of aliphatic carboxylic acids is 1. The van der Waals surface area contributed by atoms with Crippen molar-refractivity contribution in [1.82, 2.24) is 9.80 Å². The summed E-state index contributed by atoms with van der Waals surface area (Å²) in [6.45, 7) is 2.33. The van der Waals surface area contributed by atoms with Crippen LogP contribution in [0.5, 0.6) is 0 Å². The third-order valence-corrected chi connectivity index (χ3v) is 6.38. The average Bonchev–Trinajstić information content (AvgIpc) is 3.02. The molecule has 8 heteroatoms. The van der Waals surface area contributed by atoms with Gasteiger partial charge in [0.25, 0.3) is 0 Å². The molecule has 2 heterocycles. The van der Waals surface area contributed by atoms with Gasteiger partial charge in [-0.05, 0) is 25.2 Å². The molecule has 3 aliphatic rings. The van der Waals surface area contributed by atoms with Crippen LogP contribution in [0.25, 0.3) is 0 Å². The fourth-order valence-electron chi connectivity index (χ4n) is 4.24. The lowest BCUT2D eigenvalue weighted by atomic mass is 9.85. The zero-order valence-electron chi connectivity index (χ0n) is 14.4. The van der Waals surface area contributed by atoms with Crippen LogP contribution in [-0.4, -0.2) is 82.6 Å². The van der Waals surface area contributed by atoms with Crippen molar-refractivity contribution < 1.29 is 24.2 Å². The number of rotatable bonds is 5. The van der Waals surface area contributed by atoms with E-state index < -0.39 is 12.0 Å². The summed E-state index contributed by atoms with van der Waals surface area (Å²) < 4.78 is 5.23. The van der Waals surface area contributed by atoms with E-state index in [-0.39, 0.29) is 29.4 Å². The summed E-state index contributed by atoms with van der Waals surface area (Å²) in [5, 5.41) is 9.49. The molecule has 3 unspecified atom stereocenters. The fourth-order valence-corrected chi connectivity index (χ4v) is 5.03. The number of hydrogen-bond donors (Lipinski definition) is 1. The first-order chi connectivity index (χ1) is 12.1. The van der Waals surface area contributed by atoms with Crippen LogP contribution < -0.4 is 0 Å². The lowest BCUT2D eigenvalue weighted by Gasteiger charge is -2.33. The Kier molecular flexibility index (Phi) is 6.22. The van der Waals surface area contributed by atoms with E-state index in [1.54, 1.807) is 9.80 Å². The molecule has 0 radical (unpaired) electrons. The van der Waals surface area contributed by atoms with Crippen molar-refractivity contribution in [3.8, 4) is 0 Å². The maximum atomic E-state index is 12.7. The molecule has 3 rings (SSSR count). The Morgan fingerprint density at radius 2 is 1.72 bits per heavy atom. The number of fused-ring (bicyclic) bond motifs is 1. The van der Waals surface area contributed by atoms with Gasteiger partial charge in [-0.3, -0.25) is 9.59 Å². The molecule has 3 fully saturated rings. The van der Waals surface area contributed by atoms with Crippen LogP contribution >= 0.6 is 11.8 Å². The third kappa shape index (κ3) is 4.28. The number of carboxylic acids is 1. The van der Waals surface area contributed by atoms with Gasteiger partial charge in [0, 0.05) is 19.1 Å². The number of thioether (sulfide) groups is 1. The van der Waals surface area contributed by atoms with E-state index in [2.05, 4.69) is 0 Å². The smallest absolute Gasteiger partial charge is 0.326 e. The number of ether oxygens (including phenoxy) is 1. The van der Waals surface area contributed by atoms with Crippen molar-refractivity contribution in [3.05, 3.63) is 0 Å². The maximum Gasteiger partial charge on any atom is 0.326 e. The van der Waals surface area contributed by atoms with Crippen molar-refractivity contribution in [2.24, 2.45) is 5.92 Å². The van der Waals surface area contributed by atoms with Gasteiger partial charge in [-0.15, -0.1) is 11.8 Å². The Labute approximate surface area is 152 Å². The van der Waals surface area contributed by atoms with Crippen molar-refractivity contribution in [2.45, 2.75) is 44.2 Å². The summed E-state index contributed by atoms with van der Waals surface area (Å²) in [7, 11) is 0. The highest BCUT2D eigenvalue weighted by molar-refractivity contribution is 8.00. The van der Waals surface area contributed by atoms with E-state index in [0.717, 1.165) is 25.7 Å². The zero-order valence-corrected chi connectivity index (χ0v) is 15.2. The molecular formula is C17H26N2O5S. The van der Waals surface area contributed by atoms with Crippen molar-refractivity contribution >= 4 is 29.5 Å². The van der Waals surface area contributed by atoms with Gasteiger partial charge in [0.2, 0.25) is 11.8 Å². The second-order valence-electron chi connectivity index (χ2n) is 6.99. The van der Waals surface area contributed by atoms with Crippen LogP contribution in [0.15, 0.2) is 0 Å². The number of likely N-dealkylation sites (tertiary alicyclic amines) is 1. The summed E-state index contributed by atoms with van der Waals surface area (Å²) in [5.74, 6) is -0.278. The highest BCUT2D eigenvalue weighted by Crippen LogP contribution is 2.40. The average molecular weight is 370 g/mol. The molecular weight excluding hydrogens is 344 g/mol. The second kappa shape index (κ2) is 8.40. The molecule has 2 amide bonds. The van der Waals surface area contributed by atoms with Crippen LogP contribution in [0.2, 0.25) is 0 Å². The normalized spacial score (nSPS) is 29.4. The van der Waals surface area contributed by atoms with Crippen molar-refractivity contribution in [1.29, 1.82) is 0 Å². The number of nitrogens with zero attached hydrogens (tertiary/aromatic N) is 2. The molecule has 2 aliphatic heterocycles. The number of hydrogen-bond acceptors (Lipinski definition) is 5. The Balaban J connectivity index is 1.52. The maximum absolute atomic E-state index is 12.7. The predicted molar refractivity (Wildman–Crippen MR) is 93.4 cm³/mol. The highest BCUT2D eigenvalue weighted by atomic mass is 32.2. The molecule has 140 valence electrons. The second-order valence-corrected chi connectivity index (χ2v) is 7.97. The summed E-state index contributed by atoms with van der Waals surface area (Å²) in [5.41, 5.74) is 0. The molecule has 0 aromatic carbocycles. The Morgan fingerprint density at radius 3 is 2.44 bits per heavy atom. The molecule has 1 saturated carbocycles. The summed E-state index contributed by atoms with van der Waals surface area (Å²) in [6, 6.07) is -0.631. The van der Waals surface area contributed by atoms with Gasteiger partial charge >= 0.3 is 5.97 Å². The summed E-state index contributed by atoms with van der Waals surface area (Å²) in [4.78, 5) is 39.7. The molecule has 2 saturated heterocycles. The fraction of sp³-hybridized carbons (Fsp3) is 0.824. The van der Waals surface area contributed by atoms with Gasteiger partial charge in [0.05, 0.1) is 24.7 Å². The number of carbonyl (C=O) groups excluding carboxylic acids is 2. The van der Waals surface area contributed by atoms with Gasteiger partial charge in [0.1, 0.15) is 6.04 Å². The predicted octanol–water partition coefficient (Wildman–Crippen LogP) is 0.823. The molecule has 0 aromatic heterocycles. The monoisotopic (exact) mass is 370 g/mol. The molecule has 3 atom stereocenters. The lowest BCUT2D eigenvalue weighted by Crippen LogP contribution is -2.47. The van der Waals surface area contributed by atoms with Crippen LogP contribution in [0.3, 0.4) is 0 Å². The number of carboxylic acid groups (broad SMARTS) is 1. The van der Waals surface area contributed by atoms with Crippen LogP contribution in [0.1, 0.15) is 32.1 Å².